The quantitative estimate of drug-likeness (QED) is 0.652. The van der Waals surface area contributed by atoms with Crippen LogP contribution in [0.5, 0.6) is 0 Å². The molecule has 4 nitrogen and oxygen atoms in total. The minimum Gasteiger partial charge on any atom is -0.465 e. The molecular formula is C18H13BrF2N2O2. The van der Waals surface area contributed by atoms with E-state index in [0.29, 0.717) is 21.2 Å². The summed E-state index contributed by atoms with van der Waals surface area (Å²) in [6, 6.07) is 11.6. The number of pyridine rings is 1. The molecule has 0 spiro atoms. The molecule has 0 aliphatic carbocycles. The van der Waals surface area contributed by atoms with Crippen molar-refractivity contribution in [3.63, 3.8) is 0 Å². The van der Waals surface area contributed by atoms with E-state index in [-0.39, 0.29) is 6.42 Å². The van der Waals surface area contributed by atoms with Gasteiger partial charge in [-0.15, -0.1) is 0 Å². The Kier molecular flexibility index (Phi) is 4.94. The molecule has 0 aliphatic heterocycles. The zero-order valence-electron chi connectivity index (χ0n) is 12.8. The van der Waals surface area contributed by atoms with Gasteiger partial charge in [0.2, 0.25) is 0 Å². The van der Waals surface area contributed by atoms with Gasteiger partial charge in [-0.2, -0.15) is 0 Å². The lowest BCUT2D eigenvalue weighted by Crippen LogP contribution is -2.29. The number of nitrogens with zero attached hydrogens (tertiary/aromatic N) is 1. The number of para-hydroxylation sites is 1. The predicted octanol–water partition coefficient (Wildman–Crippen LogP) is 4.83. The van der Waals surface area contributed by atoms with E-state index in [1.165, 1.54) is 12.1 Å². The predicted molar refractivity (Wildman–Crippen MR) is 93.4 cm³/mol. The summed E-state index contributed by atoms with van der Waals surface area (Å²) in [5.74, 6) is -1.43. The molecule has 0 unspecified atom stereocenters. The van der Waals surface area contributed by atoms with Crippen LogP contribution < -0.4 is 5.32 Å². The highest BCUT2D eigenvalue weighted by atomic mass is 79.9. The molecule has 1 heterocycles. The van der Waals surface area contributed by atoms with Gasteiger partial charge in [0.05, 0.1) is 17.3 Å². The summed E-state index contributed by atoms with van der Waals surface area (Å²) in [6.07, 6.45) is -1.19. The van der Waals surface area contributed by atoms with Crippen LogP contribution in [-0.4, -0.2) is 16.2 Å². The van der Waals surface area contributed by atoms with Crippen molar-refractivity contribution in [2.75, 3.05) is 0 Å². The number of nitrogens with one attached hydrogen (secondary N) is 1. The van der Waals surface area contributed by atoms with E-state index < -0.39 is 23.8 Å². The molecule has 0 radical (unpaired) electrons. The maximum atomic E-state index is 13.4. The minimum absolute atomic E-state index is 0.0604. The fraction of sp³-hybridized carbons (Fsp3) is 0.111. The van der Waals surface area contributed by atoms with E-state index in [1.807, 2.05) is 30.3 Å². The lowest BCUT2D eigenvalue weighted by Gasteiger charge is -2.19. The number of hydrogen-bond acceptors (Lipinski definition) is 2. The number of rotatable bonds is 4. The summed E-state index contributed by atoms with van der Waals surface area (Å²) in [4.78, 5) is 15.7. The topological polar surface area (TPSA) is 62.2 Å². The summed E-state index contributed by atoms with van der Waals surface area (Å²) in [6.45, 7) is 0. The number of aromatic nitrogens is 1. The van der Waals surface area contributed by atoms with E-state index in [1.54, 1.807) is 0 Å². The lowest BCUT2D eigenvalue weighted by molar-refractivity contribution is 0.189. The van der Waals surface area contributed by atoms with Crippen LogP contribution in [0.1, 0.15) is 17.3 Å². The van der Waals surface area contributed by atoms with E-state index in [0.717, 1.165) is 11.5 Å². The Hall–Kier alpha value is -2.54. The first-order chi connectivity index (χ1) is 11.9. The highest BCUT2D eigenvalue weighted by molar-refractivity contribution is 9.10. The van der Waals surface area contributed by atoms with Gasteiger partial charge in [-0.05, 0) is 52.2 Å². The highest BCUT2D eigenvalue weighted by Gasteiger charge is 2.20. The largest absolute Gasteiger partial charge is 0.465 e. The van der Waals surface area contributed by atoms with Gasteiger partial charge < -0.3 is 10.4 Å². The molecule has 0 aliphatic rings. The van der Waals surface area contributed by atoms with Crippen LogP contribution in [0.25, 0.3) is 10.9 Å². The summed E-state index contributed by atoms with van der Waals surface area (Å²) in [5.41, 5.74) is 1.48. The monoisotopic (exact) mass is 406 g/mol. The van der Waals surface area contributed by atoms with Gasteiger partial charge in [0.1, 0.15) is 11.6 Å². The fourth-order valence-corrected chi connectivity index (χ4v) is 3.29. The molecule has 25 heavy (non-hydrogen) atoms. The SMILES string of the molecule is O=C(O)N[C@H](Cc1cc(F)cc(F)c1)c1nc2ccccc2cc1Br. The van der Waals surface area contributed by atoms with Crippen LogP contribution in [0.15, 0.2) is 53.0 Å². The molecule has 128 valence electrons. The Labute approximate surface area is 150 Å². The second-order valence-electron chi connectivity index (χ2n) is 5.53. The number of halogens is 3. The highest BCUT2D eigenvalue weighted by Crippen LogP contribution is 2.28. The van der Waals surface area contributed by atoms with Crippen LogP contribution in [0, 0.1) is 11.6 Å². The third kappa shape index (κ3) is 4.11. The van der Waals surface area contributed by atoms with Crippen molar-refractivity contribution in [3.05, 3.63) is 75.9 Å². The van der Waals surface area contributed by atoms with Gasteiger partial charge in [-0.3, -0.25) is 0 Å². The molecule has 1 atom stereocenters. The maximum absolute atomic E-state index is 13.4. The number of hydrogen-bond donors (Lipinski definition) is 2. The molecule has 3 rings (SSSR count). The Morgan fingerprint density at radius 2 is 1.84 bits per heavy atom. The van der Waals surface area contributed by atoms with Crippen molar-refractivity contribution in [2.24, 2.45) is 0 Å². The van der Waals surface area contributed by atoms with Gasteiger partial charge in [0, 0.05) is 15.9 Å². The second-order valence-corrected chi connectivity index (χ2v) is 6.39. The molecule has 3 aromatic rings. The molecule has 0 bridgehead atoms. The van der Waals surface area contributed by atoms with Gasteiger partial charge in [-0.25, -0.2) is 18.6 Å². The van der Waals surface area contributed by atoms with Crippen LogP contribution in [0.2, 0.25) is 0 Å². The number of carbonyl (C=O) groups is 1. The molecule has 2 N–H and O–H groups in total. The summed E-state index contributed by atoms with van der Waals surface area (Å²) in [5, 5.41) is 12.4. The van der Waals surface area contributed by atoms with Crippen molar-refractivity contribution in [1.82, 2.24) is 10.3 Å². The number of benzene rings is 2. The van der Waals surface area contributed by atoms with Gasteiger partial charge in [-0.1, -0.05) is 18.2 Å². The van der Waals surface area contributed by atoms with Gasteiger partial charge >= 0.3 is 6.09 Å². The second kappa shape index (κ2) is 7.14. The average molecular weight is 407 g/mol. The lowest BCUT2D eigenvalue weighted by atomic mass is 10.0. The third-order valence-corrected chi connectivity index (χ3v) is 4.33. The first kappa shape index (κ1) is 17.3. The Bertz CT molecular complexity index is 929. The molecule has 2 aromatic carbocycles. The summed E-state index contributed by atoms with van der Waals surface area (Å²) >= 11 is 3.41. The van der Waals surface area contributed by atoms with Crippen LogP contribution >= 0.6 is 15.9 Å². The Balaban J connectivity index is 2.03. The van der Waals surface area contributed by atoms with E-state index in [9.17, 15) is 13.6 Å². The number of fused-ring (bicyclic) bond motifs is 1. The smallest absolute Gasteiger partial charge is 0.405 e. The van der Waals surface area contributed by atoms with Gasteiger partial charge in [0.25, 0.3) is 0 Å². The first-order valence-electron chi connectivity index (χ1n) is 7.42. The number of carboxylic acid groups (broad SMARTS) is 1. The molecule has 0 saturated carbocycles. The summed E-state index contributed by atoms with van der Waals surface area (Å²) < 4.78 is 27.5. The van der Waals surface area contributed by atoms with Crippen molar-refractivity contribution in [2.45, 2.75) is 12.5 Å². The zero-order valence-corrected chi connectivity index (χ0v) is 14.4. The van der Waals surface area contributed by atoms with Crippen LogP contribution in [-0.2, 0) is 6.42 Å². The van der Waals surface area contributed by atoms with Crippen LogP contribution in [0.4, 0.5) is 13.6 Å². The normalized spacial score (nSPS) is 12.1. The van der Waals surface area contributed by atoms with E-state index in [4.69, 9.17) is 5.11 Å². The Morgan fingerprint density at radius 3 is 2.52 bits per heavy atom. The van der Waals surface area contributed by atoms with Crippen molar-refractivity contribution >= 4 is 32.9 Å². The third-order valence-electron chi connectivity index (χ3n) is 3.69. The van der Waals surface area contributed by atoms with Crippen LogP contribution in [0.3, 0.4) is 0 Å². The van der Waals surface area contributed by atoms with Gasteiger partial charge in [0.15, 0.2) is 0 Å². The molecule has 0 fully saturated rings. The zero-order chi connectivity index (χ0) is 18.0. The molecule has 1 amide bonds. The fourth-order valence-electron chi connectivity index (χ4n) is 2.68. The standard InChI is InChI=1S/C18H13BrF2N2O2/c19-14-8-11-3-1-2-4-15(11)22-17(14)16(23-18(24)25)7-10-5-12(20)9-13(21)6-10/h1-6,8-9,16,23H,7H2,(H,24,25)/t16-/m1/s1. The first-order valence-corrected chi connectivity index (χ1v) is 8.21. The molecule has 0 saturated heterocycles. The summed E-state index contributed by atoms with van der Waals surface area (Å²) in [7, 11) is 0. The van der Waals surface area contributed by atoms with Crippen molar-refractivity contribution < 1.29 is 18.7 Å². The van der Waals surface area contributed by atoms with E-state index >= 15 is 0 Å². The molecule has 7 heteroatoms. The average Bonchev–Trinajstić information content (AvgIpc) is 2.52. The molecule has 1 aromatic heterocycles. The molecular weight excluding hydrogens is 394 g/mol. The minimum atomic E-state index is -1.25. The Morgan fingerprint density at radius 1 is 1.16 bits per heavy atom. The number of amides is 1. The van der Waals surface area contributed by atoms with Crippen molar-refractivity contribution in [1.29, 1.82) is 0 Å². The van der Waals surface area contributed by atoms with E-state index in [2.05, 4.69) is 26.2 Å². The maximum Gasteiger partial charge on any atom is 0.405 e. The van der Waals surface area contributed by atoms with Crippen molar-refractivity contribution in [3.8, 4) is 0 Å².